The van der Waals surface area contributed by atoms with Gasteiger partial charge in [-0.2, -0.15) is 13.2 Å². The first kappa shape index (κ1) is 23.0. The molecule has 2 aliphatic heterocycles. The topological polar surface area (TPSA) is 71.5 Å². The number of nitrogens with zero attached hydrogens (tertiary/aromatic N) is 2. The van der Waals surface area contributed by atoms with Gasteiger partial charge >= 0.3 is 6.18 Å². The second-order valence-electron chi connectivity index (χ2n) is 9.36. The van der Waals surface area contributed by atoms with Gasteiger partial charge in [0.25, 0.3) is 11.8 Å². The smallest absolute Gasteiger partial charge is 0.416 e. The maximum absolute atomic E-state index is 13.6. The minimum Gasteiger partial charge on any atom is -0.493 e. The predicted octanol–water partition coefficient (Wildman–Crippen LogP) is 4.80. The van der Waals surface area contributed by atoms with Crippen LogP contribution in [0.1, 0.15) is 44.8 Å². The molecule has 3 aromatic rings. The highest BCUT2D eigenvalue weighted by molar-refractivity contribution is 7.13. The van der Waals surface area contributed by atoms with E-state index < -0.39 is 11.7 Å². The van der Waals surface area contributed by atoms with Crippen molar-refractivity contribution in [3.63, 3.8) is 0 Å². The van der Waals surface area contributed by atoms with Crippen molar-refractivity contribution >= 4 is 23.2 Å². The molecule has 1 aromatic heterocycles. The number of piperidine rings is 1. The van der Waals surface area contributed by atoms with Crippen molar-refractivity contribution in [3.05, 3.63) is 70.4 Å². The molecule has 2 aromatic carbocycles. The molecule has 0 spiro atoms. The van der Waals surface area contributed by atoms with E-state index in [0.717, 1.165) is 47.6 Å². The molecular weight excluding hydrogens is 491 g/mol. The number of carbonyl (C=O) groups is 2. The maximum Gasteiger partial charge on any atom is 0.416 e. The normalized spacial score (nSPS) is 22.1. The lowest BCUT2D eigenvalue weighted by atomic mass is 10.0. The number of halogens is 3. The number of thiazole rings is 1. The van der Waals surface area contributed by atoms with Gasteiger partial charge in [0.1, 0.15) is 11.4 Å². The fourth-order valence-electron chi connectivity index (χ4n) is 5.36. The summed E-state index contributed by atoms with van der Waals surface area (Å²) in [6.07, 6.45) is -2.13. The van der Waals surface area contributed by atoms with Gasteiger partial charge in [0.15, 0.2) is 0 Å². The molecule has 0 bridgehead atoms. The van der Waals surface area contributed by atoms with E-state index >= 15 is 0 Å². The van der Waals surface area contributed by atoms with Crippen LogP contribution in [0.2, 0.25) is 0 Å². The molecule has 0 radical (unpaired) electrons. The van der Waals surface area contributed by atoms with Gasteiger partial charge in [-0.1, -0.05) is 18.2 Å². The zero-order valence-corrected chi connectivity index (χ0v) is 19.9. The molecule has 1 aliphatic carbocycles. The fraction of sp³-hybridized carbons (Fsp3) is 0.346. The average Bonchev–Trinajstić information content (AvgIpc) is 3.27. The molecule has 0 unspecified atom stereocenters. The molecule has 1 N–H and O–H groups in total. The van der Waals surface area contributed by atoms with E-state index in [1.165, 1.54) is 11.6 Å². The Bertz CT molecular complexity index is 1360. The fourth-order valence-corrected chi connectivity index (χ4v) is 6.14. The van der Waals surface area contributed by atoms with Crippen LogP contribution in [0.5, 0.6) is 5.75 Å². The zero-order chi connectivity index (χ0) is 25.0. The number of fused-ring (bicyclic) bond motifs is 2. The molecule has 2 fully saturated rings. The van der Waals surface area contributed by atoms with Crippen molar-refractivity contribution < 1.29 is 27.5 Å². The monoisotopic (exact) mass is 513 g/mol. The largest absolute Gasteiger partial charge is 0.493 e. The highest BCUT2D eigenvalue weighted by atomic mass is 32.1. The summed E-state index contributed by atoms with van der Waals surface area (Å²) in [5.74, 6) is 0.596. The van der Waals surface area contributed by atoms with Crippen molar-refractivity contribution in [2.75, 3.05) is 13.2 Å². The lowest BCUT2D eigenvalue weighted by molar-refractivity contribution is -0.137. The van der Waals surface area contributed by atoms with Gasteiger partial charge in [-0.05, 0) is 48.6 Å². The van der Waals surface area contributed by atoms with Gasteiger partial charge in [0.05, 0.1) is 28.6 Å². The van der Waals surface area contributed by atoms with Crippen LogP contribution >= 0.6 is 11.3 Å². The number of nitrogens with one attached hydrogen (secondary N) is 1. The van der Waals surface area contributed by atoms with Crippen LogP contribution in [0.4, 0.5) is 13.2 Å². The Kier molecular flexibility index (Phi) is 5.51. The lowest BCUT2D eigenvalue weighted by Gasteiger charge is -2.28. The van der Waals surface area contributed by atoms with E-state index in [1.807, 2.05) is 6.07 Å². The third-order valence-electron chi connectivity index (χ3n) is 7.15. The van der Waals surface area contributed by atoms with E-state index in [2.05, 4.69) is 10.3 Å². The molecule has 36 heavy (non-hydrogen) atoms. The molecule has 3 atom stereocenters. The first-order valence-electron chi connectivity index (χ1n) is 11.8. The van der Waals surface area contributed by atoms with Gasteiger partial charge in [0.2, 0.25) is 0 Å². The molecule has 3 heterocycles. The van der Waals surface area contributed by atoms with E-state index in [0.29, 0.717) is 41.5 Å². The molecule has 6 rings (SSSR count). The van der Waals surface area contributed by atoms with Gasteiger partial charge < -0.3 is 15.0 Å². The number of carbonyl (C=O) groups excluding carboxylic acids is 2. The first-order chi connectivity index (χ1) is 17.3. The Morgan fingerprint density at radius 2 is 2.00 bits per heavy atom. The van der Waals surface area contributed by atoms with Crippen LogP contribution in [-0.2, 0) is 12.6 Å². The van der Waals surface area contributed by atoms with Crippen molar-refractivity contribution in [1.82, 2.24) is 15.2 Å². The van der Waals surface area contributed by atoms with E-state index in [-0.39, 0.29) is 29.6 Å². The summed E-state index contributed by atoms with van der Waals surface area (Å²) >= 11 is 1.14. The summed E-state index contributed by atoms with van der Waals surface area (Å²) in [5, 5.41) is 2.98. The zero-order valence-electron chi connectivity index (χ0n) is 19.0. The van der Waals surface area contributed by atoms with Gasteiger partial charge in [-0.3, -0.25) is 9.59 Å². The van der Waals surface area contributed by atoms with Crippen LogP contribution in [0.25, 0.3) is 10.4 Å². The van der Waals surface area contributed by atoms with E-state index in [1.54, 1.807) is 23.1 Å². The Morgan fingerprint density at radius 1 is 1.17 bits per heavy atom. The number of ether oxygens (including phenoxy) is 1. The summed E-state index contributed by atoms with van der Waals surface area (Å²) in [6, 6.07) is 10.2. The predicted molar refractivity (Wildman–Crippen MR) is 127 cm³/mol. The first-order valence-corrected chi connectivity index (χ1v) is 12.7. The Morgan fingerprint density at radius 3 is 2.83 bits per heavy atom. The quantitative estimate of drug-likeness (QED) is 0.532. The van der Waals surface area contributed by atoms with E-state index in [4.69, 9.17) is 4.74 Å². The van der Waals surface area contributed by atoms with Crippen molar-refractivity contribution in [2.45, 2.75) is 37.5 Å². The van der Waals surface area contributed by atoms with E-state index in [9.17, 15) is 22.8 Å². The van der Waals surface area contributed by atoms with Crippen LogP contribution in [0.15, 0.2) is 48.0 Å². The summed E-state index contributed by atoms with van der Waals surface area (Å²) in [6.45, 7) is 0.848. The third-order valence-corrected chi connectivity index (χ3v) is 8.03. The molecule has 3 aliphatic rings. The molecule has 6 nitrogen and oxygen atoms in total. The SMILES string of the molecule is O=C(NC[C@@H]1C[C@@H]2C[C@@H]2N1C(=O)c1ncsc1-c1cccc(C(F)(F)F)c1)c1cccc2c1CCO2. The maximum atomic E-state index is 13.6. The summed E-state index contributed by atoms with van der Waals surface area (Å²) in [7, 11) is 0. The minimum absolute atomic E-state index is 0.0739. The molecule has 186 valence electrons. The molecule has 1 saturated carbocycles. The number of likely N-dealkylation sites (tertiary alicyclic amines) is 1. The number of amides is 2. The lowest BCUT2D eigenvalue weighted by Crippen LogP contribution is -2.45. The molecule has 1 saturated heterocycles. The summed E-state index contributed by atoms with van der Waals surface area (Å²) in [4.78, 5) is 33.0. The van der Waals surface area contributed by atoms with Crippen molar-refractivity contribution in [1.29, 1.82) is 0 Å². The number of rotatable bonds is 5. The number of alkyl halides is 3. The van der Waals surface area contributed by atoms with Gasteiger partial charge in [0, 0.05) is 30.1 Å². The number of hydrogen-bond donors (Lipinski definition) is 1. The highest BCUT2D eigenvalue weighted by Crippen LogP contribution is 2.49. The van der Waals surface area contributed by atoms with Gasteiger partial charge in [-0.15, -0.1) is 11.3 Å². The number of aromatic nitrogens is 1. The Hall–Kier alpha value is -3.40. The molecule has 10 heteroatoms. The second kappa shape index (κ2) is 8.62. The third kappa shape index (κ3) is 4.03. The Labute approximate surface area is 209 Å². The molecule has 2 amide bonds. The number of hydrogen-bond acceptors (Lipinski definition) is 5. The van der Waals surface area contributed by atoms with Crippen molar-refractivity contribution in [3.8, 4) is 16.2 Å². The van der Waals surface area contributed by atoms with Crippen LogP contribution in [-0.4, -0.2) is 46.9 Å². The van der Waals surface area contributed by atoms with Crippen LogP contribution in [0.3, 0.4) is 0 Å². The number of benzene rings is 2. The second-order valence-corrected chi connectivity index (χ2v) is 10.2. The highest BCUT2D eigenvalue weighted by Gasteiger charge is 2.54. The van der Waals surface area contributed by atoms with Gasteiger partial charge in [-0.25, -0.2) is 4.98 Å². The molecular formula is C26H22F3N3O3S. The average molecular weight is 514 g/mol. The summed E-state index contributed by atoms with van der Waals surface area (Å²) in [5.41, 5.74) is 2.66. The van der Waals surface area contributed by atoms with Crippen LogP contribution in [0, 0.1) is 5.92 Å². The summed E-state index contributed by atoms with van der Waals surface area (Å²) < 4.78 is 45.3. The minimum atomic E-state index is -4.48. The van der Waals surface area contributed by atoms with Crippen LogP contribution < -0.4 is 10.1 Å². The van der Waals surface area contributed by atoms with Crippen molar-refractivity contribution in [2.24, 2.45) is 5.92 Å². The standard InChI is InChI=1S/C26H22F3N3O3S/c27-26(28,29)16-4-1-3-14(9-16)23-22(31-13-36-23)25(34)32-17(10-15-11-20(15)32)12-30-24(33)19-5-2-6-21-18(19)7-8-35-21/h1-6,9,13,15,17,20H,7-8,10-12H2,(H,30,33)/t15-,17+,20+/m1/s1. The Balaban J connectivity index is 1.21.